The lowest BCUT2D eigenvalue weighted by Gasteiger charge is -2.15. The van der Waals surface area contributed by atoms with Crippen LogP contribution in [0.3, 0.4) is 0 Å². The number of carbonyl (C=O) groups excluding carboxylic acids is 1. The minimum absolute atomic E-state index is 0.00670. The molecule has 0 radical (unpaired) electrons. The summed E-state index contributed by atoms with van der Waals surface area (Å²) in [5, 5.41) is 5.91. The lowest BCUT2D eigenvalue weighted by molar-refractivity contribution is -0.141. The molecule has 5 nitrogen and oxygen atoms in total. The van der Waals surface area contributed by atoms with Gasteiger partial charge < -0.3 is 9.88 Å². The number of hydrogen-bond donors (Lipinski definition) is 1. The molecular formula is C20H20ClF3N4O. The second-order valence-electron chi connectivity index (χ2n) is 6.69. The maximum atomic E-state index is 12.9. The number of aromatic nitrogens is 3. The zero-order valence-corrected chi connectivity index (χ0v) is 16.6. The number of benzene rings is 1. The molecule has 0 fully saturated rings. The van der Waals surface area contributed by atoms with E-state index in [4.69, 9.17) is 11.6 Å². The predicted octanol–water partition coefficient (Wildman–Crippen LogP) is 4.92. The molecule has 1 unspecified atom stereocenters. The molecule has 1 amide bonds. The van der Waals surface area contributed by atoms with E-state index in [1.165, 1.54) is 6.92 Å². The Morgan fingerprint density at radius 3 is 2.38 bits per heavy atom. The van der Waals surface area contributed by atoms with Crippen molar-refractivity contribution < 1.29 is 18.0 Å². The molecule has 3 aromatic rings. The number of halogens is 4. The quantitative estimate of drug-likeness (QED) is 0.610. The molecule has 1 aromatic carbocycles. The van der Waals surface area contributed by atoms with Crippen molar-refractivity contribution >= 4 is 17.5 Å². The van der Waals surface area contributed by atoms with Crippen LogP contribution in [0.4, 0.5) is 13.2 Å². The van der Waals surface area contributed by atoms with Gasteiger partial charge in [-0.25, -0.2) is 0 Å². The molecule has 0 saturated heterocycles. The Bertz CT molecular complexity index is 979. The Balaban J connectivity index is 1.58. The van der Waals surface area contributed by atoms with Crippen molar-refractivity contribution in [3.05, 3.63) is 70.8 Å². The van der Waals surface area contributed by atoms with E-state index in [0.717, 1.165) is 15.9 Å². The van der Waals surface area contributed by atoms with E-state index in [-0.39, 0.29) is 30.6 Å². The van der Waals surface area contributed by atoms with Crippen LogP contribution in [0.5, 0.6) is 0 Å². The van der Waals surface area contributed by atoms with Gasteiger partial charge in [0.2, 0.25) is 5.91 Å². The number of rotatable bonds is 6. The minimum atomic E-state index is -4.63. The maximum Gasteiger partial charge on any atom is 0.436 e. The number of alkyl halides is 3. The minimum Gasteiger partial charge on any atom is -0.350 e. The van der Waals surface area contributed by atoms with Crippen molar-refractivity contribution in [2.45, 2.75) is 39.0 Å². The van der Waals surface area contributed by atoms with E-state index >= 15 is 0 Å². The van der Waals surface area contributed by atoms with Crippen LogP contribution >= 0.6 is 11.6 Å². The number of hydrogen-bond acceptors (Lipinski definition) is 2. The molecule has 1 atom stereocenters. The first-order valence-electron chi connectivity index (χ1n) is 8.99. The van der Waals surface area contributed by atoms with E-state index in [2.05, 4.69) is 10.4 Å². The van der Waals surface area contributed by atoms with Gasteiger partial charge in [-0.1, -0.05) is 23.7 Å². The molecule has 1 N–H and O–H groups in total. The Labute approximate surface area is 171 Å². The zero-order chi connectivity index (χ0) is 21.2. The molecule has 0 aliphatic rings. The number of amides is 1. The van der Waals surface area contributed by atoms with Crippen LogP contribution in [0, 0.1) is 6.92 Å². The molecule has 0 aliphatic carbocycles. The predicted molar refractivity (Wildman–Crippen MR) is 104 cm³/mol. The fourth-order valence-corrected chi connectivity index (χ4v) is 3.21. The molecule has 2 aromatic heterocycles. The van der Waals surface area contributed by atoms with Crippen LogP contribution in [0.25, 0.3) is 5.69 Å². The van der Waals surface area contributed by atoms with E-state index in [9.17, 15) is 18.0 Å². The Kier molecular flexibility index (Phi) is 6.02. The van der Waals surface area contributed by atoms with Crippen LogP contribution in [0.2, 0.25) is 5.02 Å². The molecule has 0 spiro atoms. The highest BCUT2D eigenvalue weighted by molar-refractivity contribution is 6.31. The molecule has 9 heteroatoms. The van der Waals surface area contributed by atoms with Crippen LogP contribution in [-0.2, 0) is 17.5 Å². The lowest BCUT2D eigenvalue weighted by atomic mass is 10.1. The molecule has 3 rings (SSSR count). The summed E-state index contributed by atoms with van der Waals surface area (Å²) in [6.07, 6.45) is -0.763. The van der Waals surface area contributed by atoms with Gasteiger partial charge in [-0.05, 0) is 43.7 Å². The van der Waals surface area contributed by atoms with Crippen molar-refractivity contribution in [2.24, 2.45) is 0 Å². The topological polar surface area (TPSA) is 51.9 Å². The van der Waals surface area contributed by atoms with Gasteiger partial charge in [0.05, 0.1) is 23.3 Å². The van der Waals surface area contributed by atoms with Gasteiger partial charge in [-0.15, -0.1) is 0 Å². The third-order valence-electron chi connectivity index (χ3n) is 4.63. The second kappa shape index (κ2) is 8.32. The van der Waals surface area contributed by atoms with Gasteiger partial charge in [0.1, 0.15) is 0 Å². The monoisotopic (exact) mass is 424 g/mol. The summed E-state index contributed by atoms with van der Waals surface area (Å²) in [7, 11) is 0. The maximum absolute atomic E-state index is 12.9. The average molecular weight is 425 g/mol. The highest BCUT2D eigenvalue weighted by atomic mass is 35.5. The van der Waals surface area contributed by atoms with E-state index < -0.39 is 16.9 Å². The summed E-state index contributed by atoms with van der Waals surface area (Å²) in [5.74, 6) is -0.286. The summed E-state index contributed by atoms with van der Waals surface area (Å²) < 4.78 is 41.7. The summed E-state index contributed by atoms with van der Waals surface area (Å²) in [5.41, 5.74) is 0.976. The number of aryl methyl sites for hydroxylation is 1. The standard InChI is InChI=1S/C20H20ClF3N4O/c1-13(15-5-7-16(8-6-15)27-10-3-4-11-27)25-17(29)9-12-28-14(2)18(21)19(26-28)20(22,23)24/h3-8,10-11,13H,9,12H2,1-2H3,(H,25,29). The highest BCUT2D eigenvalue weighted by Crippen LogP contribution is 2.35. The van der Waals surface area contributed by atoms with Crippen molar-refractivity contribution in [3.8, 4) is 5.69 Å². The number of nitrogens with one attached hydrogen (secondary N) is 1. The Morgan fingerprint density at radius 1 is 1.21 bits per heavy atom. The van der Waals surface area contributed by atoms with Gasteiger partial charge in [-0.3, -0.25) is 9.48 Å². The Morgan fingerprint density at radius 2 is 1.83 bits per heavy atom. The highest BCUT2D eigenvalue weighted by Gasteiger charge is 2.38. The van der Waals surface area contributed by atoms with E-state index in [1.807, 2.05) is 60.3 Å². The van der Waals surface area contributed by atoms with E-state index in [1.54, 1.807) is 0 Å². The number of carbonyl (C=O) groups is 1. The molecular weight excluding hydrogens is 405 g/mol. The fourth-order valence-electron chi connectivity index (χ4n) is 2.97. The molecule has 29 heavy (non-hydrogen) atoms. The smallest absolute Gasteiger partial charge is 0.350 e. The molecule has 154 valence electrons. The van der Waals surface area contributed by atoms with Crippen LogP contribution in [-0.4, -0.2) is 20.3 Å². The van der Waals surface area contributed by atoms with Crippen molar-refractivity contribution in [1.82, 2.24) is 19.7 Å². The van der Waals surface area contributed by atoms with E-state index in [0.29, 0.717) is 0 Å². The largest absolute Gasteiger partial charge is 0.436 e. The van der Waals surface area contributed by atoms with Crippen LogP contribution < -0.4 is 5.32 Å². The first kappa shape index (κ1) is 21.0. The Hall–Kier alpha value is -2.74. The fraction of sp³-hybridized carbons (Fsp3) is 0.300. The molecule has 0 bridgehead atoms. The van der Waals surface area contributed by atoms with Gasteiger partial charge >= 0.3 is 6.18 Å². The zero-order valence-electron chi connectivity index (χ0n) is 15.9. The van der Waals surface area contributed by atoms with Gasteiger partial charge in [0.15, 0.2) is 5.69 Å². The summed E-state index contributed by atoms with van der Waals surface area (Å²) >= 11 is 5.72. The number of nitrogens with zero attached hydrogens (tertiary/aromatic N) is 3. The molecule has 0 aliphatic heterocycles. The van der Waals surface area contributed by atoms with Gasteiger partial charge in [0, 0.05) is 24.5 Å². The lowest BCUT2D eigenvalue weighted by Crippen LogP contribution is -2.27. The normalized spacial score (nSPS) is 12.8. The summed E-state index contributed by atoms with van der Waals surface area (Å²) in [4.78, 5) is 12.2. The summed E-state index contributed by atoms with van der Waals surface area (Å²) in [6.45, 7) is 3.30. The first-order chi connectivity index (χ1) is 13.7. The van der Waals surface area contributed by atoms with Crippen molar-refractivity contribution in [2.75, 3.05) is 0 Å². The SMILES string of the molecule is Cc1c(Cl)c(C(F)(F)F)nn1CCC(=O)NC(C)c1ccc(-n2cccc2)cc1. The third-order valence-corrected chi connectivity index (χ3v) is 5.08. The third kappa shape index (κ3) is 4.82. The van der Waals surface area contributed by atoms with Crippen LogP contribution in [0.15, 0.2) is 48.8 Å². The summed E-state index contributed by atoms with van der Waals surface area (Å²) in [6, 6.07) is 11.4. The van der Waals surface area contributed by atoms with Crippen molar-refractivity contribution in [3.63, 3.8) is 0 Å². The molecule has 2 heterocycles. The van der Waals surface area contributed by atoms with Gasteiger partial charge in [-0.2, -0.15) is 18.3 Å². The molecule has 0 saturated carbocycles. The second-order valence-corrected chi connectivity index (χ2v) is 7.07. The van der Waals surface area contributed by atoms with Gasteiger partial charge in [0.25, 0.3) is 0 Å². The van der Waals surface area contributed by atoms with Crippen LogP contribution in [0.1, 0.15) is 36.3 Å². The first-order valence-corrected chi connectivity index (χ1v) is 9.37. The average Bonchev–Trinajstić information content (AvgIpc) is 3.30. The van der Waals surface area contributed by atoms with Crippen molar-refractivity contribution in [1.29, 1.82) is 0 Å².